The van der Waals surface area contributed by atoms with Crippen molar-refractivity contribution in [3.8, 4) is 0 Å². The van der Waals surface area contributed by atoms with Crippen LogP contribution in [0.4, 0.5) is 4.79 Å². The lowest BCUT2D eigenvalue weighted by molar-refractivity contribution is -0.0545. The summed E-state index contributed by atoms with van der Waals surface area (Å²) in [5, 5.41) is 2.98. The molecular formula is C19H26N4O2. The van der Waals surface area contributed by atoms with Crippen LogP contribution in [0.5, 0.6) is 0 Å². The Morgan fingerprint density at radius 3 is 2.68 bits per heavy atom. The van der Waals surface area contributed by atoms with E-state index in [1.807, 2.05) is 31.0 Å². The van der Waals surface area contributed by atoms with Crippen LogP contribution in [0.2, 0.25) is 0 Å². The van der Waals surface area contributed by atoms with Crippen molar-refractivity contribution in [1.29, 1.82) is 0 Å². The average Bonchev–Trinajstić information content (AvgIpc) is 3.05. The minimum Gasteiger partial charge on any atom is -0.372 e. The number of carbonyl (C=O) groups is 1. The van der Waals surface area contributed by atoms with E-state index in [1.54, 1.807) is 6.20 Å². The molecule has 1 fully saturated rings. The standard InChI is InChI=1S/C19H26N4O2/c1-15-13-23(14-16(2)25-15)19(24)21-12-18-20-9-11-22(18)10-8-17-6-4-3-5-7-17/h3-7,9,11,15-16H,8,10,12-14H2,1-2H3,(H,21,24)/t15-,16+. The Labute approximate surface area is 148 Å². The van der Waals surface area contributed by atoms with Gasteiger partial charge in [-0.3, -0.25) is 0 Å². The van der Waals surface area contributed by atoms with Gasteiger partial charge in [0.2, 0.25) is 0 Å². The molecule has 1 aliphatic rings. The molecule has 2 atom stereocenters. The van der Waals surface area contributed by atoms with Crippen LogP contribution in [0.15, 0.2) is 42.7 Å². The van der Waals surface area contributed by atoms with E-state index in [0.29, 0.717) is 19.6 Å². The molecule has 1 N–H and O–H groups in total. The highest BCUT2D eigenvalue weighted by molar-refractivity contribution is 5.74. The molecule has 2 amide bonds. The summed E-state index contributed by atoms with van der Waals surface area (Å²) in [7, 11) is 0. The van der Waals surface area contributed by atoms with Gasteiger partial charge in [-0.25, -0.2) is 9.78 Å². The van der Waals surface area contributed by atoms with Crippen LogP contribution < -0.4 is 5.32 Å². The first-order valence-corrected chi connectivity index (χ1v) is 8.84. The minimum atomic E-state index is -0.0559. The number of urea groups is 1. The lowest BCUT2D eigenvalue weighted by atomic mass is 10.1. The molecule has 0 aliphatic carbocycles. The number of nitrogens with zero attached hydrogens (tertiary/aromatic N) is 3. The predicted octanol–water partition coefficient (Wildman–Crippen LogP) is 2.44. The molecule has 25 heavy (non-hydrogen) atoms. The molecule has 0 unspecified atom stereocenters. The largest absolute Gasteiger partial charge is 0.372 e. The molecular weight excluding hydrogens is 316 g/mol. The van der Waals surface area contributed by atoms with E-state index in [1.165, 1.54) is 5.56 Å². The third kappa shape index (κ3) is 4.82. The highest BCUT2D eigenvalue weighted by Gasteiger charge is 2.25. The summed E-state index contributed by atoms with van der Waals surface area (Å²) in [5.41, 5.74) is 1.29. The van der Waals surface area contributed by atoms with Crippen molar-refractivity contribution < 1.29 is 9.53 Å². The van der Waals surface area contributed by atoms with Crippen molar-refractivity contribution in [3.05, 3.63) is 54.1 Å². The van der Waals surface area contributed by atoms with Gasteiger partial charge in [0.05, 0.1) is 18.8 Å². The van der Waals surface area contributed by atoms with E-state index in [9.17, 15) is 4.79 Å². The van der Waals surface area contributed by atoms with E-state index in [4.69, 9.17) is 4.74 Å². The Balaban J connectivity index is 1.52. The van der Waals surface area contributed by atoms with Crippen LogP contribution in [0, 0.1) is 0 Å². The number of ether oxygens (including phenoxy) is 1. The molecule has 6 heteroatoms. The maximum absolute atomic E-state index is 12.4. The lowest BCUT2D eigenvalue weighted by Gasteiger charge is -2.35. The minimum absolute atomic E-state index is 0.0559. The fraction of sp³-hybridized carbons (Fsp3) is 0.474. The number of aryl methyl sites for hydroxylation is 2. The Morgan fingerprint density at radius 1 is 1.24 bits per heavy atom. The molecule has 0 bridgehead atoms. The summed E-state index contributed by atoms with van der Waals surface area (Å²) < 4.78 is 7.77. The van der Waals surface area contributed by atoms with Crippen LogP contribution in [0.3, 0.4) is 0 Å². The molecule has 0 radical (unpaired) electrons. The third-order valence-corrected chi connectivity index (χ3v) is 4.39. The first-order chi connectivity index (χ1) is 12.1. The van der Waals surface area contributed by atoms with Gasteiger partial charge in [-0.1, -0.05) is 30.3 Å². The van der Waals surface area contributed by atoms with Crippen LogP contribution in [0.1, 0.15) is 25.2 Å². The van der Waals surface area contributed by atoms with Crippen molar-refractivity contribution in [2.75, 3.05) is 13.1 Å². The summed E-state index contributed by atoms with van der Waals surface area (Å²) >= 11 is 0. The molecule has 1 aliphatic heterocycles. The van der Waals surface area contributed by atoms with E-state index in [2.05, 4.69) is 39.1 Å². The fourth-order valence-electron chi connectivity index (χ4n) is 3.22. The van der Waals surface area contributed by atoms with Crippen LogP contribution in [-0.2, 0) is 24.2 Å². The second-order valence-corrected chi connectivity index (χ2v) is 6.59. The lowest BCUT2D eigenvalue weighted by Crippen LogP contribution is -2.51. The number of imidazole rings is 1. The maximum Gasteiger partial charge on any atom is 0.317 e. The second-order valence-electron chi connectivity index (χ2n) is 6.59. The van der Waals surface area contributed by atoms with Crippen molar-refractivity contribution in [1.82, 2.24) is 19.8 Å². The molecule has 0 spiro atoms. The van der Waals surface area contributed by atoms with Crippen molar-refractivity contribution in [2.45, 2.75) is 45.6 Å². The Bertz CT molecular complexity index is 676. The van der Waals surface area contributed by atoms with Gasteiger partial charge in [-0.15, -0.1) is 0 Å². The number of hydrogen-bond donors (Lipinski definition) is 1. The van der Waals surface area contributed by atoms with Gasteiger partial charge < -0.3 is 19.5 Å². The molecule has 0 saturated carbocycles. The maximum atomic E-state index is 12.4. The predicted molar refractivity (Wildman–Crippen MR) is 96.2 cm³/mol. The fourth-order valence-corrected chi connectivity index (χ4v) is 3.22. The number of morpholine rings is 1. The average molecular weight is 342 g/mol. The van der Waals surface area contributed by atoms with Gasteiger partial charge in [0.15, 0.2) is 0 Å². The molecule has 3 rings (SSSR count). The Hall–Kier alpha value is -2.34. The monoisotopic (exact) mass is 342 g/mol. The molecule has 1 saturated heterocycles. The van der Waals surface area contributed by atoms with E-state index >= 15 is 0 Å². The number of rotatable bonds is 5. The van der Waals surface area contributed by atoms with Gasteiger partial charge in [0, 0.05) is 32.0 Å². The first-order valence-electron chi connectivity index (χ1n) is 8.84. The summed E-state index contributed by atoms with van der Waals surface area (Å²) in [6.07, 6.45) is 4.83. The topological polar surface area (TPSA) is 59.4 Å². The number of benzene rings is 1. The van der Waals surface area contributed by atoms with Crippen molar-refractivity contribution >= 4 is 6.03 Å². The van der Waals surface area contributed by atoms with E-state index in [0.717, 1.165) is 18.8 Å². The van der Waals surface area contributed by atoms with E-state index in [-0.39, 0.29) is 18.2 Å². The quantitative estimate of drug-likeness (QED) is 0.908. The van der Waals surface area contributed by atoms with Gasteiger partial charge in [-0.2, -0.15) is 0 Å². The van der Waals surface area contributed by atoms with E-state index < -0.39 is 0 Å². The molecule has 2 heterocycles. The summed E-state index contributed by atoms with van der Waals surface area (Å²) in [4.78, 5) is 18.6. The summed E-state index contributed by atoms with van der Waals surface area (Å²) in [6, 6.07) is 10.3. The number of carbonyl (C=O) groups excluding carboxylic acids is 1. The summed E-state index contributed by atoms with van der Waals surface area (Å²) in [5.74, 6) is 0.874. The normalized spacial score (nSPS) is 20.5. The Kier molecular flexibility index (Phi) is 5.71. The Morgan fingerprint density at radius 2 is 1.96 bits per heavy atom. The number of hydrogen-bond acceptors (Lipinski definition) is 3. The van der Waals surface area contributed by atoms with Gasteiger partial charge in [-0.05, 0) is 25.8 Å². The van der Waals surface area contributed by atoms with Crippen molar-refractivity contribution in [3.63, 3.8) is 0 Å². The molecule has 1 aromatic carbocycles. The van der Waals surface area contributed by atoms with Gasteiger partial charge >= 0.3 is 6.03 Å². The van der Waals surface area contributed by atoms with Crippen LogP contribution in [-0.4, -0.2) is 45.8 Å². The zero-order chi connectivity index (χ0) is 17.6. The second kappa shape index (κ2) is 8.16. The summed E-state index contributed by atoms with van der Waals surface area (Å²) in [6.45, 7) is 6.51. The number of amides is 2. The zero-order valence-corrected chi connectivity index (χ0v) is 14.9. The van der Waals surface area contributed by atoms with Gasteiger partial charge in [0.1, 0.15) is 5.82 Å². The number of aromatic nitrogens is 2. The van der Waals surface area contributed by atoms with Crippen LogP contribution >= 0.6 is 0 Å². The van der Waals surface area contributed by atoms with Crippen molar-refractivity contribution in [2.24, 2.45) is 0 Å². The molecule has 134 valence electrons. The SMILES string of the molecule is C[C@@H]1CN(C(=O)NCc2nccn2CCc2ccccc2)C[C@H](C)O1. The highest BCUT2D eigenvalue weighted by Crippen LogP contribution is 2.11. The third-order valence-electron chi connectivity index (χ3n) is 4.39. The molecule has 1 aromatic heterocycles. The smallest absolute Gasteiger partial charge is 0.317 e. The molecule has 6 nitrogen and oxygen atoms in total. The molecule has 2 aromatic rings. The van der Waals surface area contributed by atoms with Crippen LogP contribution in [0.25, 0.3) is 0 Å². The highest BCUT2D eigenvalue weighted by atomic mass is 16.5. The van der Waals surface area contributed by atoms with Gasteiger partial charge in [0.25, 0.3) is 0 Å². The zero-order valence-electron chi connectivity index (χ0n) is 14.9. The first kappa shape index (κ1) is 17.5. The number of nitrogens with one attached hydrogen (secondary N) is 1.